The lowest BCUT2D eigenvalue weighted by molar-refractivity contribution is 0.288. The van der Waals surface area contributed by atoms with Crippen LogP contribution >= 0.6 is 27.3 Å². The van der Waals surface area contributed by atoms with E-state index in [1.54, 1.807) is 11.3 Å². The molecule has 1 atom stereocenters. The van der Waals surface area contributed by atoms with E-state index in [4.69, 9.17) is 0 Å². The topological polar surface area (TPSA) is 16.1 Å². The lowest BCUT2D eigenvalue weighted by Gasteiger charge is -2.18. The molecule has 0 N–H and O–H groups in total. The summed E-state index contributed by atoms with van der Waals surface area (Å²) in [5, 5.41) is 4.36. The number of alkyl halides is 1. The molecule has 0 saturated carbocycles. The Hall–Kier alpha value is 0.0700. The Bertz CT molecular complexity index is 275. The van der Waals surface area contributed by atoms with Gasteiger partial charge in [-0.1, -0.05) is 22.9 Å². The van der Waals surface area contributed by atoms with E-state index in [0.29, 0.717) is 5.92 Å². The molecule has 0 amide bonds. The first-order valence-electron chi connectivity index (χ1n) is 4.77. The first-order chi connectivity index (χ1) is 6.61. The summed E-state index contributed by atoms with van der Waals surface area (Å²) in [4.78, 5) is 6.77. The van der Waals surface area contributed by atoms with Crippen LogP contribution < -0.4 is 0 Å². The van der Waals surface area contributed by atoms with Crippen LogP contribution in [0, 0.1) is 12.8 Å². The van der Waals surface area contributed by atoms with Gasteiger partial charge in [-0.05, 0) is 19.9 Å². The molecule has 1 unspecified atom stereocenters. The minimum atomic E-state index is 0.694. The highest BCUT2D eigenvalue weighted by molar-refractivity contribution is 9.09. The van der Waals surface area contributed by atoms with Crippen LogP contribution in [0.15, 0.2) is 5.38 Å². The fourth-order valence-electron chi connectivity index (χ4n) is 1.40. The third kappa shape index (κ3) is 4.07. The van der Waals surface area contributed by atoms with Crippen LogP contribution in [0.25, 0.3) is 0 Å². The van der Waals surface area contributed by atoms with Gasteiger partial charge in [-0.3, -0.25) is 0 Å². The van der Waals surface area contributed by atoms with Gasteiger partial charge in [0, 0.05) is 23.8 Å². The summed E-state index contributed by atoms with van der Waals surface area (Å²) >= 11 is 5.22. The van der Waals surface area contributed by atoms with E-state index in [1.165, 1.54) is 5.69 Å². The minimum absolute atomic E-state index is 0.694. The normalized spacial score (nSPS) is 13.5. The molecule has 0 aliphatic heterocycles. The molecule has 0 spiro atoms. The van der Waals surface area contributed by atoms with Crippen molar-refractivity contribution in [3.8, 4) is 0 Å². The Kier molecular flexibility index (Phi) is 5.06. The third-order valence-corrected chi connectivity index (χ3v) is 3.91. The van der Waals surface area contributed by atoms with Crippen molar-refractivity contribution in [2.45, 2.75) is 20.4 Å². The van der Waals surface area contributed by atoms with E-state index in [0.717, 1.165) is 23.4 Å². The molecule has 1 aromatic heterocycles. The number of aryl methyl sites for hydroxylation is 1. The van der Waals surface area contributed by atoms with Crippen LogP contribution in [0.4, 0.5) is 0 Å². The SMILES string of the molecule is Cc1nc(CN(C)CC(C)CBr)cs1. The summed E-state index contributed by atoms with van der Waals surface area (Å²) in [6.45, 7) is 6.37. The molecule has 1 rings (SSSR count). The number of hydrogen-bond acceptors (Lipinski definition) is 3. The lowest BCUT2D eigenvalue weighted by Crippen LogP contribution is -2.24. The molecule has 4 heteroatoms. The van der Waals surface area contributed by atoms with Crippen LogP contribution in [-0.4, -0.2) is 28.8 Å². The molecule has 0 saturated heterocycles. The van der Waals surface area contributed by atoms with Gasteiger partial charge in [-0.15, -0.1) is 11.3 Å². The summed E-state index contributed by atoms with van der Waals surface area (Å²) < 4.78 is 0. The van der Waals surface area contributed by atoms with E-state index < -0.39 is 0 Å². The summed E-state index contributed by atoms with van der Waals surface area (Å²) in [5.41, 5.74) is 1.19. The van der Waals surface area contributed by atoms with Crippen molar-refractivity contribution >= 4 is 27.3 Å². The molecule has 0 bridgehead atoms. The van der Waals surface area contributed by atoms with Crippen molar-refractivity contribution < 1.29 is 0 Å². The molecule has 0 aromatic carbocycles. The summed E-state index contributed by atoms with van der Waals surface area (Å²) in [6, 6.07) is 0. The van der Waals surface area contributed by atoms with E-state index in [9.17, 15) is 0 Å². The van der Waals surface area contributed by atoms with Gasteiger partial charge in [0.15, 0.2) is 0 Å². The lowest BCUT2D eigenvalue weighted by atomic mass is 10.2. The van der Waals surface area contributed by atoms with Gasteiger partial charge in [0.05, 0.1) is 10.7 Å². The molecule has 2 nitrogen and oxygen atoms in total. The van der Waals surface area contributed by atoms with Gasteiger partial charge in [-0.2, -0.15) is 0 Å². The smallest absolute Gasteiger partial charge is 0.0897 e. The van der Waals surface area contributed by atoms with Gasteiger partial charge >= 0.3 is 0 Å². The van der Waals surface area contributed by atoms with E-state index in [-0.39, 0.29) is 0 Å². The molecule has 80 valence electrons. The number of nitrogens with zero attached hydrogens (tertiary/aromatic N) is 2. The number of aromatic nitrogens is 1. The van der Waals surface area contributed by atoms with E-state index >= 15 is 0 Å². The Morgan fingerprint density at radius 1 is 1.64 bits per heavy atom. The minimum Gasteiger partial charge on any atom is -0.300 e. The Morgan fingerprint density at radius 3 is 2.86 bits per heavy atom. The standard InChI is InChI=1S/C10H17BrN2S/c1-8(4-11)5-13(3)6-10-7-14-9(2)12-10/h7-8H,4-6H2,1-3H3. The fraction of sp³-hybridized carbons (Fsp3) is 0.700. The van der Waals surface area contributed by atoms with Gasteiger partial charge < -0.3 is 4.90 Å². The van der Waals surface area contributed by atoms with Gasteiger partial charge in [0.1, 0.15) is 0 Å². The number of hydrogen-bond donors (Lipinski definition) is 0. The Labute approximate surface area is 98.5 Å². The van der Waals surface area contributed by atoms with E-state index in [2.05, 4.69) is 52.1 Å². The van der Waals surface area contributed by atoms with Gasteiger partial charge in [0.2, 0.25) is 0 Å². The predicted octanol–water partition coefficient (Wildman–Crippen LogP) is 2.91. The molecular weight excluding hydrogens is 260 g/mol. The van der Waals surface area contributed by atoms with Crippen LogP contribution in [0.5, 0.6) is 0 Å². The van der Waals surface area contributed by atoms with Crippen molar-refractivity contribution in [2.75, 3.05) is 18.9 Å². The Balaban J connectivity index is 2.37. The maximum Gasteiger partial charge on any atom is 0.0897 e. The number of halogens is 1. The van der Waals surface area contributed by atoms with Crippen LogP contribution in [0.1, 0.15) is 17.6 Å². The molecule has 1 heterocycles. The molecule has 0 radical (unpaired) electrons. The van der Waals surface area contributed by atoms with Crippen LogP contribution in [0.2, 0.25) is 0 Å². The zero-order valence-electron chi connectivity index (χ0n) is 8.96. The van der Waals surface area contributed by atoms with Gasteiger partial charge in [0.25, 0.3) is 0 Å². The fourth-order valence-corrected chi connectivity index (χ4v) is 2.21. The average molecular weight is 277 g/mol. The molecular formula is C10H17BrN2S. The third-order valence-electron chi connectivity index (χ3n) is 1.99. The largest absolute Gasteiger partial charge is 0.300 e. The van der Waals surface area contributed by atoms with Crippen molar-refractivity contribution in [2.24, 2.45) is 5.92 Å². The van der Waals surface area contributed by atoms with Crippen molar-refractivity contribution in [3.63, 3.8) is 0 Å². The van der Waals surface area contributed by atoms with Crippen molar-refractivity contribution in [1.29, 1.82) is 0 Å². The van der Waals surface area contributed by atoms with Crippen molar-refractivity contribution in [3.05, 3.63) is 16.1 Å². The highest BCUT2D eigenvalue weighted by Crippen LogP contribution is 2.11. The van der Waals surface area contributed by atoms with Crippen LogP contribution in [0.3, 0.4) is 0 Å². The summed E-state index contributed by atoms with van der Waals surface area (Å²) in [5.74, 6) is 0.694. The molecule has 1 aromatic rings. The summed E-state index contributed by atoms with van der Waals surface area (Å²) in [7, 11) is 2.15. The second kappa shape index (κ2) is 5.83. The number of rotatable bonds is 5. The molecule has 0 aliphatic carbocycles. The zero-order chi connectivity index (χ0) is 10.6. The molecule has 0 aliphatic rings. The first-order valence-corrected chi connectivity index (χ1v) is 6.77. The van der Waals surface area contributed by atoms with Gasteiger partial charge in [-0.25, -0.2) is 4.98 Å². The second-order valence-corrected chi connectivity index (χ2v) is 5.52. The van der Waals surface area contributed by atoms with E-state index in [1.807, 2.05) is 0 Å². The second-order valence-electron chi connectivity index (χ2n) is 3.81. The molecule has 14 heavy (non-hydrogen) atoms. The van der Waals surface area contributed by atoms with Crippen molar-refractivity contribution in [1.82, 2.24) is 9.88 Å². The summed E-state index contributed by atoms with van der Waals surface area (Å²) in [6.07, 6.45) is 0. The highest BCUT2D eigenvalue weighted by atomic mass is 79.9. The first kappa shape index (κ1) is 12.1. The molecule has 0 fully saturated rings. The highest BCUT2D eigenvalue weighted by Gasteiger charge is 2.07. The Morgan fingerprint density at radius 2 is 2.36 bits per heavy atom. The quantitative estimate of drug-likeness (QED) is 0.769. The van der Waals surface area contributed by atoms with Crippen LogP contribution in [-0.2, 0) is 6.54 Å². The average Bonchev–Trinajstić information content (AvgIpc) is 2.50. The zero-order valence-corrected chi connectivity index (χ0v) is 11.4. The monoisotopic (exact) mass is 276 g/mol. The maximum absolute atomic E-state index is 4.45. The number of thiazole rings is 1. The predicted molar refractivity (Wildman–Crippen MR) is 66.1 cm³/mol. The maximum atomic E-state index is 4.45.